The molecule has 1 heteroatoms. The number of unbranched alkanes of at least 4 members (excludes halogenated alkanes) is 12. The van der Waals surface area contributed by atoms with Crippen LogP contribution in [0, 0.1) is 0 Å². The highest BCUT2D eigenvalue weighted by molar-refractivity contribution is 4.81. The molecule has 1 aliphatic heterocycles. The lowest BCUT2D eigenvalue weighted by Crippen LogP contribution is -1.98. The van der Waals surface area contributed by atoms with Crippen molar-refractivity contribution in [3.8, 4) is 0 Å². The van der Waals surface area contributed by atoms with Crippen LogP contribution >= 0.6 is 0 Å². The third-order valence-electron chi connectivity index (χ3n) is 4.53. The molecule has 0 unspecified atom stereocenters. The number of rotatable bonds is 16. The first-order valence-corrected chi connectivity index (χ1v) is 9.81. The highest BCUT2D eigenvalue weighted by Crippen LogP contribution is 2.11. The van der Waals surface area contributed by atoms with E-state index in [1.165, 1.54) is 110 Å². The van der Waals surface area contributed by atoms with Crippen molar-refractivity contribution in [2.75, 3.05) is 19.6 Å². The van der Waals surface area contributed by atoms with Crippen LogP contribution in [0.3, 0.4) is 0 Å². The van der Waals surface area contributed by atoms with Gasteiger partial charge in [0.25, 0.3) is 0 Å². The van der Waals surface area contributed by atoms with Crippen molar-refractivity contribution in [2.45, 2.75) is 96.8 Å². The summed E-state index contributed by atoms with van der Waals surface area (Å²) in [5.41, 5.74) is 0. The Labute approximate surface area is 134 Å². The van der Waals surface area contributed by atoms with Gasteiger partial charge in [-0.1, -0.05) is 76.9 Å². The molecule has 0 aromatic rings. The molecule has 1 rings (SSSR count). The average molecular weight is 294 g/mol. The second-order valence-electron chi connectivity index (χ2n) is 6.78. The Kier molecular flexibility index (Phi) is 13.1. The summed E-state index contributed by atoms with van der Waals surface area (Å²) in [7, 11) is 0. The second-order valence-corrected chi connectivity index (χ2v) is 6.78. The van der Waals surface area contributed by atoms with E-state index in [2.05, 4.69) is 24.0 Å². The van der Waals surface area contributed by atoms with Crippen molar-refractivity contribution in [3.63, 3.8) is 0 Å². The van der Waals surface area contributed by atoms with Gasteiger partial charge in [-0.15, -0.1) is 0 Å². The van der Waals surface area contributed by atoms with Crippen molar-refractivity contribution >= 4 is 0 Å². The minimum atomic E-state index is 1.31. The van der Waals surface area contributed by atoms with E-state index < -0.39 is 0 Å². The van der Waals surface area contributed by atoms with Crippen LogP contribution in [-0.4, -0.2) is 24.5 Å². The first-order chi connectivity index (χ1) is 10.4. The number of hydrogen-bond acceptors (Lipinski definition) is 1. The standard InChI is InChI=1S/C20H39N/c1-2-3-4-5-6-7-8-9-10-11-12-13-14-15-16-17-18-21-19-20-21/h9-10H,2-8,11-20H2,1H3. The normalized spacial score (nSPS) is 15.1. The topological polar surface area (TPSA) is 3.01 Å². The molecular weight excluding hydrogens is 254 g/mol. The fourth-order valence-electron chi connectivity index (χ4n) is 2.88. The zero-order valence-corrected chi connectivity index (χ0v) is 14.6. The smallest absolute Gasteiger partial charge is 0.0110 e. The third kappa shape index (κ3) is 14.4. The molecule has 0 atom stereocenters. The van der Waals surface area contributed by atoms with Gasteiger partial charge in [-0.2, -0.15) is 0 Å². The van der Waals surface area contributed by atoms with Gasteiger partial charge in [0.05, 0.1) is 0 Å². The highest BCUT2D eigenvalue weighted by atomic mass is 15.2. The molecule has 1 nitrogen and oxygen atoms in total. The fourth-order valence-corrected chi connectivity index (χ4v) is 2.88. The summed E-state index contributed by atoms with van der Waals surface area (Å²) in [6, 6.07) is 0. The largest absolute Gasteiger partial charge is 0.301 e. The van der Waals surface area contributed by atoms with E-state index in [-0.39, 0.29) is 0 Å². The highest BCUT2D eigenvalue weighted by Gasteiger charge is 2.14. The Hall–Kier alpha value is -0.300. The summed E-state index contributed by atoms with van der Waals surface area (Å²) in [5.74, 6) is 0. The van der Waals surface area contributed by atoms with E-state index in [0.29, 0.717) is 0 Å². The van der Waals surface area contributed by atoms with Crippen molar-refractivity contribution in [3.05, 3.63) is 12.2 Å². The molecule has 124 valence electrons. The zero-order chi connectivity index (χ0) is 15.0. The minimum absolute atomic E-state index is 1.31. The Morgan fingerprint density at radius 1 is 0.619 bits per heavy atom. The van der Waals surface area contributed by atoms with Gasteiger partial charge in [0.1, 0.15) is 0 Å². The molecule has 21 heavy (non-hydrogen) atoms. The van der Waals surface area contributed by atoms with E-state index in [4.69, 9.17) is 0 Å². The third-order valence-corrected chi connectivity index (χ3v) is 4.53. The molecule has 1 fully saturated rings. The summed E-state index contributed by atoms with van der Waals surface area (Å²) in [6.45, 7) is 6.38. The lowest BCUT2D eigenvalue weighted by molar-refractivity contribution is 0.500. The van der Waals surface area contributed by atoms with E-state index in [1.54, 1.807) is 0 Å². The fraction of sp³-hybridized carbons (Fsp3) is 0.900. The molecule has 1 aliphatic rings. The number of allylic oxidation sites excluding steroid dienone is 2. The van der Waals surface area contributed by atoms with E-state index >= 15 is 0 Å². The molecule has 0 aromatic heterocycles. The molecule has 0 N–H and O–H groups in total. The van der Waals surface area contributed by atoms with Crippen molar-refractivity contribution in [1.29, 1.82) is 0 Å². The number of nitrogens with zero attached hydrogens (tertiary/aromatic N) is 1. The molecule has 0 spiro atoms. The minimum Gasteiger partial charge on any atom is -0.301 e. The van der Waals surface area contributed by atoms with Crippen LogP contribution in [0.25, 0.3) is 0 Å². The quantitative estimate of drug-likeness (QED) is 0.182. The monoisotopic (exact) mass is 293 g/mol. The Morgan fingerprint density at radius 3 is 1.62 bits per heavy atom. The Bertz CT molecular complexity index is 230. The van der Waals surface area contributed by atoms with Crippen LogP contribution in [0.5, 0.6) is 0 Å². The van der Waals surface area contributed by atoms with Crippen LogP contribution in [-0.2, 0) is 0 Å². The van der Waals surface area contributed by atoms with Crippen molar-refractivity contribution < 1.29 is 0 Å². The summed E-state index contributed by atoms with van der Waals surface area (Å²) >= 11 is 0. The summed E-state index contributed by atoms with van der Waals surface area (Å²) in [4.78, 5) is 2.54. The van der Waals surface area contributed by atoms with Crippen molar-refractivity contribution in [2.24, 2.45) is 0 Å². The van der Waals surface area contributed by atoms with E-state index in [0.717, 1.165) is 0 Å². The zero-order valence-electron chi connectivity index (χ0n) is 14.6. The maximum absolute atomic E-state index is 2.54. The van der Waals surface area contributed by atoms with Gasteiger partial charge < -0.3 is 4.90 Å². The first kappa shape index (κ1) is 18.7. The van der Waals surface area contributed by atoms with E-state index in [9.17, 15) is 0 Å². The molecule has 1 heterocycles. The van der Waals surface area contributed by atoms with Gasteiger partial charge in [-0.25, -0.2) is 0 Å². The maximum Gasteiger partial charge on any atom is 0.0110 e. The maximum atomic E-state index is 2.54. The summed E-state index contributed by atoms with van der Waals surface area (Å²) in [6.07, 6.45) is 24.6. The molecule has 0 bridgehead atoms. The molecular formula is C20H39N. The number of hydrogen-bond donors (Lipinski definition) is 0. The van der Waals surface area contributed by atoms with Crippen LogP contribution in [0.15, 0.2) is 12.2 Å². The van der Waals surface area contributed by atoms with Crippen molar-refractivity contribution in [1.82, 2.24) is 4.90 Å². The first-order valence-electron chi connectivity index (χ1n) is 9.81. The predicted octanol–water partition coefficient (Wildman–Crippen LogP) is 6.34. The van der Waals surface area contributed by atoms with Gasteiger partial charge in [0.2, 0.25) is 0 Å². The van der Waals surface area contributed by atoms with Gasteiger partial charge in [-0.05, 0) is 38.6 Å². The molecule has 0 amide bonds. The predicted molar refractivity (Wildman–Crippen MR) is 95.9 cm³/mol. The second kappa shape index (κ2) is 14.6. The van der Waals surface area contributed by atoms with Gasteiger partial charge in [0, 0.05) is 13.1 Å². The lowest BCUT2D eigenvalue weighted by Gasteiger charge is -2.01. The molecule has 0 aliphatic carbocycles. The Morgan fingerprint density at radius 2 is 1.10 bits per heavy atom. The van der Waals surface area contributed by atoms with E-state index in [1.807, 2.05) is 0 Å². The van der Waals surface area contributed by atoms with Crippen LogP contribution in [0.2, 0.25) is 0 Å². The summed E-state index contributed by atoms with van der Waals surface area (Å²) < 4.78 is 0. The van der Waals surface area contributed by atoms with Crippen LogP contribution in [0.4, 0.5) is 0 Å². The van der Waals surface area contributed by atoms with Crippen LogP contribution < -0.4 is 0 Å². The van der Waals surface area contributed by atoms with Crippen LogP contribution in [0.1, 0.15) is 96.8 Å². The molecule has 0 aromatic carbocycles. The Balaban J connectivity index is 1.66. The summed E-state index contributed by atoms with van der Waals surface area (Å²) in [5, 5.41) is 0. The average Bonchev–Trinajstić information content (AvgIpc) is 3.31. The lowest BCUT2D eigenvalue weighted by atomic mass is 10.1. The molecule has 1 saturated heterocycles. The molecule has 0 saturated carbocycles. The SMILES string of the molecule is CCCCCCCCC=CCCCCCCCCN1CC1. The molecule has 0 radical (unpaired) electrons. The van der Waals surface area contributed by atoms with Gasteiger partial charge in [-0.3, -0.25) is 0 Å². The van der Waals surface area contributed by atoms with Gasteiger partial charge in [0.15, 0.2) is 0 Å². The van der Waals surface area contributed by atoms with Gasteiger partial charge >= 0.3 is 0 Å².